The molecule has 27 valence electrons. The van der Waals surface area contributed by atoms with E-state index in [0.717, 1.165) is 0 Å². The van der Waals surface area contributed by atoms with Crippen LogP contribution in [0.15, 0.2) is 10.8 Å². The molecule has 0 spiro atoms. The first kappa shape index (κ1) is 3.62. The fourth-order valence-corrected chi connectivity index (χ4v) is 1.44. The van der Waals surface area contributed by atoms with Gasteiger partial charge in [0.15, 0.2) is 0 Å². The molecule has 0 N–H and O–H groups in total. The lowest BCUT2D eigenvalue weighted by Gasteiger charge is -1.68. The Morgan fingerprint density at radius 1 is 1.00 bits per heavy atom. The second-order valence-electron chi connectivity index (χ2n) is 0.641. The number of hydrogen-bond donors (Lipinski definition) is 0. The van der Waals surface area contributed by atoms with Crippen LogP contribution in [0, 0.1) is 5.08 Å². The van der Waals surface area contributed by atoms with E-state index in [4.69, 9.17) is 0 Å². The molecular formula is C3H3S2. The van der Waals surface area contributed by atoms with Crippen molar-refractivity contribution in [3.63, 3.8) is 0 Å². The summed E-state index contributed by atoms with van der Waals surface area (Å²) >= 11 is 3.46. The first-order valence-electron chi connectivity index (χ1n) is 1.28. The molecule has 1 aliphatic heterocycles. The summed E-state index contributed by atoms with van der Waals surface area (Å²) in [6.07, 6.45) is 0. The highest BCUT2D eigenvalue weighted by atomic mass is 32.2. The van der Waals surface area contributed by atoms with Gasteiger partial charge in [-0.3, -0.25) is 0 Å². The average Bonchev–Trinajstić information content (AvgIpc) is 1.76. The third-order valence-corrected chi connectivity index (χ3v) is 1.97. The van der Waals surface area contributed by atoms with Gasteiger partial charge < -0.3 is 0 Å². The SMILES string of the molecule is [CH]1SC=CS1. The highest BCUT2D eigenvalue weighted by Gasteiger charge is 1.86. The summed E-state index contributed by atoms with van der Waals surface area (Å²) in [5.41, 5.74) is 0. The maximum Gasteiger partial charge on any atom is 0.0801 e. The molecule has 1 aliphatic rings. The van der Waals surface area contributed by atoms with Crippen LogP contribution in [0.4, 0.5) is 0 Å². The van der Waals surface area contributed by atoms with Crippen molar-refractivity contribution in [2.75, 3.05) is 0 Å². The van der Waals surface area contributed by atoms with Crippen molar-refractivity contribution in [1.82, 2.24) is 0 Å². The minimum Gasteiger partial charge on any atom is -0.117 e. The molecule has 0 bridgehead atoms. The van der Waals surface area contributed by atoms with Gasteiger partial charge in [-0.1, -0.05) is 0 Å². The molecule has 1 radical (unpaired) electrons. The van der Waals surface area contributed by atoms with E-state index in [-0.39, 0.29) is 0 Å². The second kappa shape index (κ2) is 1.78. The molecule has 0 atom stereocenters. The van der Waals surface area contributed by atoms with Gasteiger partial charge in [-0.15, -0.1) is 23.5 Å². The standard InChI is InChI=1S/C3H3S2/c1-2-5-3-4-1/h1-3H. The molecule has 0 nitrogen and oxygen atoms in total. The minimum absolute atomic E-state index is 1.73. The lowest BCUT2D eigenvalue weighted by molar-refractivity contribution is 2.61. The molecular weight excluding hydrogens is 100 g/mol. The molecule has 1 heterocycles. The van der Waals surface area contributed by atoms with E-state index in [1.54, 1.807) is 23.5 Å². The monoisotopic (exact) mass is 103 g/mol. The fraction of sp³-hybridized carbons (Fsp3) is 0. The third-order valence-electron chi connectivity index (χ3n) is 0.324. The maximum absolute atomic E-state index is 2.08. The molecule has 0 fully saturated rings. The van der Waals surface area contributed by atoms with Gasteiger partial charge in [-0.2, -0.15) is 0 Å². The topological polar surface area (TPSA) is 0 Å². The predicted octanol–water partition coefficient (Wildman–Crippen LogP) is 2.06. The molecule has 0 aromatic rings. The fourth-order valence-electron chi connectivity index (χ4n) is 0.160. The van der Waals surface area contributed by atoms with Crippen molar-refractivity contribution in [1.29, 1.82) is 0 Å². The normalized spacial score (nSPS) is 20.8. The van der Waals surface area contributed by atoms with Crippen molar-refractivity contribution >= 4 is 23.5 Å². The summed E-state index contributed by atoms with van der Waals surface area (Å²) in [5.74, 6) is 0. The van der Waals surface area contributed by atoms with Crippen molar-refractivity contribution < 1.29 is 0 Å². The van der Waals surface area contributed by atoms with Crippen LogP contribution in [0.5, 0.6) is 0 Å². The Morgan fingerprint density at radius 3 is 1.80 bits per heavy atom. The second-order valence-corrected chi connectivity index (χ2v) is 2.50. The molecule has 5 heavy (non-hydrogen) atoms. The number of thioether (sulfide) groups is 2. The van der Waals surface area contributed by atoms with E-state index in [9.17, 15) is 0 Å². The first-order valence-corrected chi connectivity index (χ1v) is 3.16. The Hall–Kier alpha value is 0.440. The number of rotatable bonds is 0. The van der Waals surface area contributed by atoms with Crippen molar-refractivity contribution in [3.05, 3.63) is 15.9 Å². The Morgan fingerprint density at radius 2 is 1.60 bits per heavy atom. The van der Waals surface area contributed by atoms with Gasteiger partial charge in [-0.05, 0) is 10.8 Å². The van der Waals surface area contributed by atoms with Crippen LogP contribution in [0.3, 0.4) is 0 Å². The lowest BCUT2D eigenvalue weighted by Crippen LogP contribution is -1.28. The van der Waals surface area contributed by atoms with Crippen molar-refractivity contribution in [2.24, 2.45) is 0 Å². The lowest BCUT2D eigenvalue weighted by atomic mass is 11.3. The zero-order valence-electron chi connectivity index (χ0n) is 2.55. The van der Waals surface area contributed by atoms with Crippen LogP contribution < -0.4 is 0 Å². The van der Waals surface area contributed by atoms with Gasteiger partial charge in [0.25, 0.3) is 0 Å². The zero-order chi connectivity index (χ0) is 3.54. The van der Waals surface area contributed by atoms with Gasteiger partial charge in [-0.25, -0.2) is 0 Å². The van der Waals surface area contributed by atoms with Gasteiger partial charge in [0.1, 0.15) is 0 Å². The van der Waals surface area contributed by atoms with Crippen LogP contribution in [-0.4, -0.2) is 0 Å². The molecule has 1 rings (SSSR count). The van der Waals surface area contributed by atoms with E-state index in [2.05, 4.69) is 15.9 Å². The number of hydrogen-bond acceptors (Lipinski definition) is 2. The van der Waals surface area contributed by atoms with E-state index in [0.29, 0.717) is 0 Å². The van der Waals surface area contributed by atoms with E-state index < -0.39 is 0 Å². The molecule has 0 aromatic heterocycles. The maximum atomic E-state index is 2.08. The Balaban J connectivity index is 2.32. The molecule has 0 saturated carbocycles. The summed E-state index contributed by atoms with van der Waals surface area (Å²) in [4.78, 5) is 0. The molecule has 0 unspecified atom stereocenters. The van der Waals surface area contributed by atoms with Crippen molar-refractivity contribution in [2.45, 2.75) is 0 Å². The van der Waals surface area contributed by atoms with Gasteiger partial charge in [0.05, 0.1) is 5.08 Å². The van der Waals surface area contributed by atoms with Crippen LogP contribution in [0.25, 0.3) is 0 Å². The van der Waals surface area contributed by atoms with Crippen LogP contribution >= 0.6 is 23.5 Å². The van der Waals surface area contributed by atoms with Gasteiger partial charge in [0.2, 0.25) is 0 Å². The van der Waals surface area contributed by atoms with Crippen molar-refractivity contribution in [3.8, 4) is 0 Å². The highest BCUT2D eigenvalue weighted by molar-refractivity contribution is 8.24. The Labute approximate surface area is 40.0 Å². The molecule has 0 saturated heterocycles. The molecule has 2 heteroatoms. The van der Waals surface area contributed by atoms with Crippen LogP contribution in [0.1, 0.15) is 0 Å². The minimum atomic E-state index is 1.73. The smallest absolute Gasteiger partial charge is 0.0801 e. The molecule has 0 aliphatic carbocycles. The largest absolute Gasteiger partial charge is 0.117 e. The zero-order valence-corrected chi connectivity index (χ0v) is 4.18. The van der Waals surface area contributed by atoms with E-state index in [1.807, 2.05) is 0 Å². The first-order chi connectivity index (χ1) is 2.50. The van der Waals surface area contributed by atoms with Gasteiger partial charge >= 0.3 is 0 Å². The molecule has 0 aromatic carbocycles. The van der Waals surface area contributed by atoms with Crippen LogP contribution in [-0.2, 0) is 0 Å². The highest BCUT2D eigenvalue weighted by Crippen LogP contribution is 2.27. The summed E-state index contributed by atoms with van der Waals surface area (Å²) in [7, 11) is 0. The summed E-state index contributed by atoms with van der Waals surface area (Å²) in [6, 6.07) is 0. The van der Waals surface area contributed by atoms with Gasteiger partial charge in [0, 0.05) is 0 Å². The summed E-state index contributed by atoms with van der Waals surface area (Å²) < 4.78 is 0. The van der Waals surface area contributed by atoms with E-state index in [1.165, 1.54) is 0 Å². The Kier molecular flexibility index (Phi) is 1.29. The summed E-state index contributed by atoms with van der Waals surface area (Å²) in [5, 5.41) is 6.20. The van der Waals surface area contributed by atoms with Crippen LogP contribution in [0.2, 0.25) is 0 Å². The Bertz CT molecular complexity index is 42.9. The summed E-state index contributed by atoms with van der Waals surface area (Å²) in [6.45, 7) is 0. The average molecular weight is 103 g/mol. The quantitative estimate of drug-likeness (QED) is 0.460. The third kappa shape index (κ3) is 0.893. The van der Waals surface area contributed by atoms with E-state index >= 15 is 0 Å². The predicted molar refractivity (Wildman–Crippen MR) is 28.6 cm³/mol. The molecule has 0 amide bonds.